The van der Waals surface area contributed by atoms with Gasteiger partial charge in [-0.25, -0.2) is 8.42 Å². The van der Waals surface area contributed by atoms with Crippen molar-refractivity contribution < 1.29 is 8.42 Å². The summed E-state index contributed by atoms with van der Waals surface area (Å²) in [5, 5.41) is 3.22. The van der Waals surface area contributed by atoms with Gasteiger partial charge in [-0.15, -0.1) is 0 Å². The SMILES string of the molecule is Cc1cc(NCCCN)ccc1NS(C)(=O)=O. The van der Waals surface area contributed by atoms with E-state index in [1.54, 1.807) is 6.07 Å². The highest BCUT2D eigenvalue weighted by molar-refractivity contribution is 7.92. The van der Waals surface area contributed by atoms with E-state index in [0.717, 1.165) is 30.5 Å². The van der Waals surface area contributed by atoms with E-state index in [1.165, 1.54) is 0 Å². The average molecular weight is 257 g/mol. The van der Waals surface area contributed by atoms with E-state index >= 15 is 0 Å². The number of anilines is 2. The summed E-state index contributed by atoms with van der Waals surface area (Å²) in [6, 6.07) is 5.50. The summed E-state index contributed by atoms with van der Waals surface area (Å²) in [5.41, 5.74) is 7.86. The van der Waals surface area contributed by atoms with Crippen molar-refractivity contribution in [2.45, 2.75) is 13.3 Å². The summed E-state index contributed by atoms with van der Waals surface area (Å²) in [6.45, 7) is 3.33. The van der Waals surface area contributed by atoms with Gasteiger partial charge in [0.2, 0.25) is 10.0 Å². The van der Waals surface area contributed by atoms with Gasteiger partial charge in [-0.05, 0) is 43.7 Å². The van der Waals surface area contributed by atoms with Crippen molar-refractivity contribution >= 4 is 21.4 Å². The third kappa shape index (κ3) is 5.06. The summed E-state index contributed by atoms with van der Waals surface area (Å²) in [6.07, 6.45) is 2.04. The fraction of sp³-hybridized carbons (Fsp3) is 0.455. The molecule has 0 bridgehead atoms. The van der Waals surface area contributed by atoms with Gasteiger partial charge in [-0.1, -0.05) is 0 Å². The van der Waals surface area contributed by atoms with Crippen molar-refractivity contribution in [1.82, 2.24) is 0 Å². The molecular formula is C11H19N3O2S. The molecule has 0 aliphatic rings. The summed E-state index contributed by atoms with van der Waals surface area (Å²) in [5.74, 6) is 0. The number of aryl methyl sites for hydroxylation is 1. The maximum Gasteiger partial charge on any atom is 0.229 e. The van der Waals surface area contributed by atoms with Gasteiger partial charge in [0.05, 0.1) is 11.9 Å². The number of nitrogens with two attached hydrogens (primary N) is 1. The highest BCUT2D eigenvalue weighted by Crippen LogP contribution is 2.20. The lowest BCUT2D eigenvalue weighted by atomic mass is 10.2. The van der Waals surface area contributed by atoms with Crippen molar-refractivity contribution in [3.63, 3.8) is 0 Å². The van der Waals surface area contributed by atoms with Crippen molar-refractivity contribution in [3.8, 4) is 0 Å². The first-order valence-corrected chi connectivity index (χ1v) is 7.34. The smallest absolute Gasteiger partial charge is 0.229 e. The Kier molecular flexibility index (Phi) is 4.77. The lowest BCUT2D eigenvalue weighted by Crippen LogP contribution is -2.11. The minimum atomic E-state index is -3.22. The number of benzene rings is 1. The Morgan fingerprint density at radius 2 is 2.06 bits per heavy atom. The third-order valence-electron chi connectivity index (χ3n) is 2.23. The molecule has 0 radical (unpaired) electrons. The molecule has 0 saturated carbocycles. The van der Waals surface area contributed by atoms with Crippen molar-refractivity contribution in [2.75, 3.05) is 29.4 Å². The van der Waals surface area contributed by atoms with Gasteiger partial charge < -0.3 is 11.1 Å². The highest BCUT2D eigenvalue weighted by Gasteiger charge is 2.05. The molecule has 17 heavy (non-hydrogen) atoms. The lowest BCUT2D eigenvalue weighted by Gasteiger charge is -2.11. The molecule has 0 heterocycles. The Bertz CT molecular complexity index is 472. The molecule has 0 aliphatic heterocycles. The van der Waals surface area contributed by atoms with Crippen LogP contribution in [0.1, 0.15) is 12.0 Å². The maximum absolute atomic E-state index is 11.1. The van der Waals surface area contributed by atoms with E-state index in [4.69, 9.17) is 5.73 Å². The van der Waals surface area contributed by atoms with Crippen molar-refractivity contribution in [2.24, 2.45) is 5.73 Å². The fourth-order valence-corrected chi connectivity index (χ4v) is 2.05. The zero-order chi connectivity index (χ0) is 12.9. The van der Waals surface area contributed by atoms with Crippen molar-refractivity contribution in [3.05, 3.63) is 23.8 Å². The molecule has 0 atom stereocenters. The van der Waals surface area contributed by atoms with Crippen LogP contribution in [-0.2, 0) is 10.0 Å². The number of hydrogen-bond acceptors (Lipinski definition) is 4. The summed E-state index contributed by atoms with van der Waals surface area (Å²) < 4.78 is 24.7. The zero-order valence-electron chi connectivity index (χ0n) is 10.2. The van der Waals surface area contributed by atoms with Gasteiger partial charge in [0.1, 0.15) is 0 Å². The molecule has 0 amide bonds. The molecule has 6 heteroatoms. The molecule has 5 nitrogen and oxygen atoms in total. The number of rotatable bonds is 6. The lowest BCUT2D eigenvalue weighted by molar-refractivity contribution is 0.607. The Hall–Kier alpha value is -1.27. The molecular weight excluding hydrogens is 238 g/mol. The van der Waals surface area contributed by atoms with Gasteiger partial charge in [0.25, 0.3) is 0 Å². The van der Waals surface area contributed by atoms with Crippen LogP contribution in [0.15, 0.2) is 18.2 Å². The van der Waals surface area contributed by atoms with Crippen LogP contribution < -0.4 is 15.8 Å². The van der Waals surface area contributed by atoms with Gasteiger partial charge in [-0.2, -0.15) is 0 Å². The van der Waals surface area contributed by atoms with Crippen LogP contribution in [0.4, 0.5) is 11.4 Å². The second-order valence-electron chi connectivity index (χ2n) is 3.97. The van der Waals surface area contributed by atoms with Crippen LogP contribution in [0.2, 0.25) is 0 Å². The Balaban J connectivity index is 2.72. The van der Waals surface area contributed by atoms with Crippen LogP contribution >= 0.6 is 0 Å². The Morgan fingerprint density at radius 3 is 2.59 bits per heavy atom. The predicted octanol–water partition coefficient (Wildman–Crippen LogP) is 1.13. The van der Waals surface area contributed by atoms with Crippen LogP contribution in [-0.4, -0.2) is 27.8 Å². The largest absolute Gasteiger partial charge is 0.385 e. The fourth-order valence-electron chi connectivity index (χ4n) is 1.42. The van der Waals surface area contributed by atoms with E-state index in [9.17, 15) is 8.42 Å². The molecule has 1 rings (SSSR count). The zero-order valence-corrected chi connectivity index (χ0v) is 11.0. The minimum Gasteiger partial charge on any atom is -0.385 e. The van der Waals surface area contributed by atoms with Crippen LogP contribution in [0.25, 0.3) is 0 Å². The second kappa shape index (κ2) is 5.88. The van der Waals surface area contributed by atoms with Gasteiger partial charge in [0, 0.05) is 12.2 Å². The molecule has 0 spiro atoms. The third-order valence-corrected chi connectivity index (χ3v) is 2.82. The predicted molar refractivity (Wildman–Crippen MR) is 71.8 cm³/mol. The molecule has 0 aliphatic carbocycles. The Morgan fingerprint density at radius 1 is 1.35 bits per heavy atom. The number of sulfonamides is 1. The monoisotopic (exact) mass is 257 g/mol. The van der Waals surface area contributed by atoms with E-state index in [-0.39, 0.29) is 0 Å². The quantitative estimate of drug-likeness (QED) is 0.667. The Labute approximate surface area is 102 Å². The van der Waals surface area contributed by atoms with Gasteiger partial charge in [0.15, 0.2) is 0 Å². The number of hydrogen-bond donors (Lipinski definition) is 3. The van der Waals surface area contributed by atoms with E-state index in [1.807, 2.05) is 19.1 Å². The first kappa shape index (κ1) is 13.8. The van der Waals surface area contributed by atoms with Crippen LogP contribution in [0, 0.1) is 6.92 Å². The molecule has 1 aromatic rings. The summed E-state index contributed by atoms with van der Waals surface area (Å²) >= 11 is 0. The molecule has 0 fully saturated rings. The summed E-state index contributed by atoms with van der Waals surface area (Å²) in [7, 11) is -3.22. The molecule has 4 N–H and O–H groups in total. The molecule has 0 aromatic heterocycles. The van der Waals surface area contributed by atoms with Gasteiger partial charge in [-0.3, -0.25) is 4.72 Å². The van der Waals surface area contributed by atoms with E-state index in [2.05, 4.69) is 10.0 Å². The molecule has 96 valence electrons. The molecule has 0 saturated heterocycles. The molecule has 0 unspecified atom stereocenters. The minimum absolute atomic E-state index is 0.608. The van der Waals surface area contributed by atoms with Crippen LogP contribution in [0.5, 0.6) is 0 Å². The van der Waals surface area contributed by atoms with Gasteiger partial charge >= 0.3 is 0 Å². The topological polar surface area (TPSA) is 84.2 Å². The first-order chi connectivity index (χ1) is 7.92. The first-order valence-electron chi connectivity index (χ1n) is 5.45. The van der Waals surface area contributed by atoms with Crippen LogP contribution in [0.3, 0.4) is 0 Å². The van der Waals surface area contributed by atoms with E-state index < -0.39 is 10.0 Å². The van der Waals surface area contributed by atoms with E-state index in [0.29, 0.717) is 12.2 Å². The normalized spacial score (nSPS) is 11.2. The standard InChI is InChI=1S/C11H19N3O2S/c1-9-8-10(13-7-3-6-12)4-5-11(9)14-17(2,15)16/h4-5,8,13-14H,3,6-7,12H2,1-2H3. The second-order valence-corrected chi connectivity index (χ2v) is 5.72. The van der Waals surface area contributed by atoms with Crippen molar-refractivity contribution in [1.29, 1.82) is 0 Å². The summed E-state index contributed by atoms with van der Waals surface area (Å²) in [4.78, 5) is 0. The maximum atomic E-state index is 11.1. The molecule has 1 aromatic carbocycles. The average Bonchev–Trinajstić information content (AvgIpc) is 2.21. The highest BCUT2D eigenvalue weighted by atomic mass is 32.2. The number of nitrogens with one attached hydrogen (secondary N) is 2.